The highest BCUT2D eigenvalue weighted by Gasteiger charge is 2.23. The van der Waals surface area contributed by atoms with Crippen LogP contribution in [0.25, 0.3) is 0 Å². The summed E-state index contributed by atoms with van der Waals surface area (Å²) in [6, 6.07) is 7.44. The van der Waals surface area contributed by atoms with Gasteiger partial charge in [-0.15, -0.1) is 11.3 Å². The molecule has 148 valence electrons. The second-order valence-electron chi connectivity index (χ2n) is 7.12. The predicted molar refractivity (Wildman–Crippen MR) is 105 cm³/mol. The van der Waals surface area contributed by atoms with Crippen molar-refractivity contribution in [2.24, 2.45) is 5.92 Å². The van der Waals surface area contributed by atoms with Gasteiger partial charge in [0.05, 0.1) is 0 Å². The molecule has 0 spiro atoms. The van der Waals surface area contributed by atoms with Crippen molar-refractivity contribution in [3.63, 3.8) is 0 Å². The Hall–Kier alpha value is -2.54. The summed E-state index contributed by atoms with van der Waals surface area (Å²) in [7, 11) is 0. The number of fused-ring (bicyclic) bond motifs is 2. The molecule has 28 heavy (non-hydrogen) atoms. The number of carbonyl (C=O) groups excluding carboxylic acids is 2. The highest BCUT2D eigenvalue weighted by atomic mass is 32.1. The fraction of sp³-hybridized carbons (Fsp3) is 0.429. The zero-order valence-corrected chi connectivity index (χ0v) is 16.6. The van der Waals surface area contributed by atoms with E-state index in [0.29, 0.717) is 28.8 Å². The molecule has 1 N–H and O–H groups in total. The van der Waals surface area contributed by atoms with Gasteiger partial charge in [0.1, 0.15) is 4.88 Å². The molecule has 0 saturated heterocycles. The number of amides is 1. The average Bonchev–Trinajstić information content (AvgIpc) is 3.35. The minimum atomic E-state index is -0.425. The van der Waals surface area contributed by atoms with Gasteiger partial charge in [0.25, 0.3) is 5.91 Å². The maximum Gasteiger partial charge on any atom is 0.348 e. The SMILES string of the molecule is CCC1CCc2sc(C(=O)OCC(=O)NCc3ccc4c(c3)OCO4)cc2C1. The second kappa shape index (κ2) is 8.22. The molecule has 1 atom stereocenters. The maximum absolute atomic E-state index is 12.3. The lowest BCUT2D eigenvalue weighted by Gasteiger charge is -2.19. The zero-order chi connectivity index (χ0) is 19.5. The van der Waals surface area contributed by atoms with E-state index >= 15 is 0 Å². The molecular weight excluding hydrogens is 378 g/mol. The number of carbonyl (C=O) groups is 2. The molecule has 1 unspecified atom stereocenters. The van der Waals surface area contributed by atoms with E-state index in [-0.39, 0.29) is 19.3 Å². The number of hydrogen-bond donors (Lipinski definition) is 1. The number of thiophene rings is 1. The minimum Gasteiger partial charge on any atom is -0.454 e. The van der Waals surface area contributed by atoms with Crippen molar-refractivity contribution in [2.75, 3.05) is 13.4 Å². The molecule has 1 aliphatic carbocycles. The lowest BCUT2D eigenvalue weighted by molar-refractivity contribution is -0.124. The van der Waals surface area contributed by atoms with Crippen molar-refractivity contribution < 1.29 is 23.8 Å². The summed E-state index contributed by atoms with van der Waals surface area (Å²) in [6.07, 6.45) is 4.41. The van der Waals surface area contributed by atoms with E-state index < -0.39 is 5.97 Å². The normalized spacial score (nSPS) is 17.1. The molecule has 1 aromatic heterocycles. The first kappa shape index (κ1) is 18.8. The average molecular weight is 401 g/mol. The fourth-order valence-corrected chi connectivity index (χ4v) is 4.66. The third-order valence-electron chi connectivity index (χ3n) is 5.22. The lowest BCUT2D eigenvalue weighted by Crippen LogP contribution is -2.28. The summed E-state index contributed by atoms with van der Waals surface area (Å²) in [5.41, 5.74) is 2.16. The van der Waals surface area contributed by atoms with Crippen LogP contribution in [0.1, 0.15) is 45.4 Å². The Morgan fingerprint density at radius 1 is 1.25 bits per heavy atom. The summed E-state index contributed by atoms with van der Waals surface area (Å²) in [5, 5.41) is 2.75. The van der Waals surface area contributed by atoms with Crippen molar-refractivity contribution in [3.8, 4) is 11.5 Å². The van der Waals surface area contributed by atoms with E-state index in [1.54, 1.807) is 0 Å². The first-order chi connectivity index (χ1) is 13.6. The Morgan fingerprint density at radius 3 is 2.96 bits per heavy atom. The van der Waals surface area contributed by atoms with E-state index in [1.807, 2.05) is 24.3 Å². The van der Waals surface area contributed by atoms with Crippen LogP contribution in [0.15, 0.2) is 24.3 Å². The number of nitrogens with one attached hydrogen (secondary N) is 1. The highest BCUT2D eigenvalue weighted by Crippen LogP contribution is 2.34. The van der Waals surface area contributed by atoms with Crippen molar-refractivity contribution >= 4 is 23.2 Å². The lowest BCUT2D eigenvalue weighted by atomic mass is 9.87. The van der Waals surface area contributed by atoms with E-state index in [0.717, 1.165) is 18.4 Å². The molecule has 1 aromatic carbocycles. The van der Waals surface area contributed by atoms with Gasteiger partial charge in [0.15, 0.2) is 18.1 Å². The Bertz CT molecular complexity index is 891. The number of aryl methyl sites for hydroxylation is 1. The molecule has 7 heteroatoms. The van der Waals surface area contributed by atoms with Crippen molar-refractivity contribution in [1.29, 1.82) is 0 Å². The van der Waals surface area contributed by atoms with Gasteiger partial charge in [-0.1, -0.05) is 19.4 Å². The third kappa shape index (κ3) is 4.14. The number of benzene rings is 1. The molecule has 1 amide bonds. The Kier molecular flexibility index (Phi) is 5.52. The van der Waals surface area contributed by atoms with Crippen LogP contribution in [0.4, 0.5) is 0 Å². The molecular formula is C21H23NO5S. The highest BCUT2D eigenvalue weighted by molar-refractivity contribution is 7.14. The Morgan fingerprint density at radius 2 is 2.11 bits per heavy atom. The molecule has 2 heterocycles. The van der Waals surface area contributed by atoms with Crippen LogP contribution in [0.2, 0.25) is 0 Å². The van der Waals surface area contributed by atoms with Gasteiger partial charge in [-0.3, -0.25) is 4.79 Å². The Balaban J connectivity index is 1.26. The molecule has 0 radical (unpaired) electrons. The first-order valence-electron chi connectivity index (χ1n) is 9.56. The number of ether oxygens (including phenoxy) is 3. The van der Waals surface area contributed by atoms with Crippen molar-refractivity contribution in [1.82, 2.24) is 5.32 Å². The molecule has 1 aliphatic heterocycles. The molecule has 4 rings (SSSR count). The van der Waals surface area contributed by atoms with Gasteiger partial charge in [-0.05, 0) is 54.5 Å². The van der Waals surface area contributed by atoms with E-state index in [9.17, 15) is 9.59 Å². The minimum absolute atomic E-state index is 0.215. The van der Waals surface area contributed by atoms with Gasteiger partial charge in [0.2, 0.25) is 6.79 Å². The van der Waals surface area contributed by atoms with Crippen LogP contribution in [0.5, 0.6) is 11.5 Å². The molecule has 2 aliphatic rings. The van der Waals surface area contributed by atoms with Crippen LogP contribution < -0.4 is 14.8 Å². The van der Waals surface area contributed by atoms with Crippen LogP contribution in [-0.4, -0.2) is 25.3 Å². The molecule has 0 saturated carbocycles. The van der Waals surface area contributed by atoms with Gasteiger partial charge in [-0.25, -0.2) is 4.79 Å². The number of hydrogen-bond acceptors (Lipinski definition) is 6. The number of rotatable bonds is 6. The second-order valence-corrected chi connectivity index (χ2v) is 8.25. The smallest absolute Gasteiger partial charge is 0.348 e. The van der Waals surface area contributed by atoms with E-state index in [4.69, 9.17) is 14.2 Å². The predicted octanol–water partition coefficient (Wildman–Crippen LogP) is 3.46. The van der Waals surface area contributed by atoms with Crippen LogP contribution in [0.3, 0.4) is 0 Å². The fourth-order valence-electron chi connectivity index (χ4n) is 3.55. The summed E-state index contributed by atoms with van der Waals surface area (Å²) >= 11 is 1.50. The van der Waals surface area contributed by atoms with Crippen LogP contribution in [-0.2, 0) is 28.9 Å². The van der Waals surface area contributed by atoms with Gasteiger partial charge in [-0.2, -0.15) is 0 Å². The van der Waals surface area contributed by atoms with Crippen LogP contribution >= 0.6 is 11.3 Å². The molecule has 0 bridgehead atoms. The first-order valence-corrected chi connectivity index (χ1v) is 10.4. The van der Waals surface area contributed by atoms with Crippen molar-refractivity contribution in [3.05, 3.63) is 45.1 Å². The Labute approximate surface area is 167 Å². The summed E-state index contributed by atoms with van der Waals surface area (Å²) < 4.78 is 15.8. The molecule has 0 fully saturated rings. The van der Waals surface area contributed by atoms with Crippen molar-refractivity contribution in [2.45, 2.75) is 39.2 Å². The van der Waals surface area contributed by atoms with E-state index in [1.165, 1.54) is 34.6 Å². The molecule has 6 nitrogen and oxygen atoms in total. The monoisotopic (exact) mass is 401 g/mol. The number of esters is 1. The van der Waals surface area contributed by atoms with Gasteiger partial charge >= 0.3 is 5.97 Å². The topological polar surface area (TPSA) is 73.9 Å². The molecule has 2 aromatic rings. The largest absolute Gasteiger partial charge is 0.454 e. The standard InChI is InChI=1S/C21H23NO5S/c1-2-13-4-6-18-15(7-13)9-19(28-18)21(24)25-11-20(23)22-10-14-3-5-16-17(8-14)27-12-26-16/h3,5,8-9,13H,2,4,6-7,10-12H2,1H3,(H,22,23). The van der Waals surface area contributed by atoms with Crippen LogP contribution in [0, 0.1) is 5.92 Å². The summed E-state index contributed by atoms with van der Waals surface area (Å²) in [6.45, 7) is 2.47. The van der Waals surface area contributed by atoms with Gasteiger partial charge < -0.3 is 19.5 Å². The zero-order valence-electron chi connectivity index (χ0n) is 15.8. The summed E-state index contributed by atoms with van der Waals surface area (Å²) in [4.78, 5) is 26.2. The third-order valence-corrected chi connectivity index (χ3v) is 6.44. The summed E-state index contributed by atoms with van der Waals surface area (Å²) in [5.74, 6) is 1.31. The quantitative estimate of drug-likeness (QED) is 0.751. The van der Waals surface area contributed by atoms with Gasteiger partial charge in [0, 0.05) is 11.4 Å². The maximum atomic E-state index is 12.3. The van der Waals surface area contributed by atoms with E-state index in [2.05, 4.69) is 12.2 Å².